The number of nitrogens with zero attached hydrogens (tertiary/aromatic N) is 2. The molecule has 1 spiro atoms. The number of hydrogen-bond acceptors (Lipinski definition) is 3. The van der Waals surface area contributed by atoms with E-state index in [1.165, 1.54) is 17.8 Å². The highest BCUT2D eigenvalue weighted by Crippen LogP contribution is 2.55. The Bertz CT molecular complexity index is 1300. The van der Waals surface area contributed by atoms with Crippen molar-refractivity contribution in [2.45, 2.75) is 25.3 Å². The Balaban J connectivity index is 1.61. The predicted octanol–water partition coefficient (Wildman–Crippen LogP) is 5.17. The predicted molar refractivity (Wildman–Crippen MR) is 125 cm³/mol. The van der Waals surface area contributed by atoms with Gasteiger partial charge in [0.15, 0.2) is 16.5 Å². The second kappa shape index (κ2) is 7.99. The number of carbonyl (C=O) groups is 2. The molecule has 0 saturated carbocycles. The molecule has 0 unspecified atom stereocenters. The third-order valence-electron chi connectivity index (χ3n) is 6.29. The van der Waals surface area contributed by atoms with Crippen LogP contribution in [0.4, 0.5) is 14.5 Å². The van der Waals surface area contributed by atoms with E-state index in [4.69, 9.17) is 0 Å². The molecule has 0 bridgehead atoms. The lowest BCUT2D eigenvalue weighted by atomic mass is 10.0. The topological polar surface area (TPSA) is 40.6 Å². The first-order valence-electron chi connectivity index (χ1n) is 10.7. The maximum atomic E-state index is 14.0. The van der Waals surface area contributed by atoms with E-state index in [9.17, 15) is 18.4 Å². The quantitative estimate of drug-likeness (QED) is 0.537. The van der Waals surface area contributed by atoms with Crippen LogP contribution in [0.3, 0.4) is 0 Å². The number of anilines is 1. The van der Waals surface area contributed by atoms with Gasteiger partial charge in [0, 0.05) is 23.4 Å². The van der Waals surface area contributed by atoms with Gasteiger partial charge in [0.25, 0.3) is 11.8 Å². The van der Waals surface area contributed by atoms with E-state index < -0.39 is 16.5 Å². The highest BCUT2D eigenvalue weighted by Gasteiger charge is 2.59. The van der Waals surface area contributed by atoms with Crippen molar-refractivity contribution in [3.05, 3.63) is 100 Å². The van der Waals surface area contributed by atoms with Crippen LogP contribution in [0.1, 0.15) is 32.6 Å². The average Bonchev–Trinajstić information content (AvgIpc) is 3.33. The molecule has 0 radical (unpaired) electrons. The zero-order valence-corrected chi connectivity index (χ0v) is 19.1. The van der Waals surface area contributed by atoms with Gasteiger partial charge >= 0.3 is 0 Å². The number of halogens is 2. The van der Waals surface area contributed by atoms with Gasteiger partial charge < -0.3 is 9.80 Å². The Morgan fingerprint density at radius 2 is 1.82 bits per heavy atom. The highest BCUT2D eigenvalue weighted by atomic mass is 32.2. The molecule has 0 aliphatic carbocycles. The summed E-state index contributed by atoms with van der Waals surface area (Å²) in [5, 5.41) is 0. The normalized spacial score (nSPS) is 19.5. The molecule has 3 aromatic carbocycles. The SMILES string of the molecule is Cc1ccc2c(c1)[C@]1(SCCN1C(=O)c1ccccc1C)C(=O)N2Cc1ccc(F)c(F)c1. The molecule has 2 aliphatic heterocycles. The van der Waals surface area contributed by atoms with Crippen molar-refractivity contribution in [3.8, 4) is 0 Å². The summed E-state index contributed by atoms with van der Waals surface area (Å²) in [4.78, 5) is 29.8. The number of hydrogen-bond donors (Lipinski definition) is 0. The number of amides is 2. The minimum absolute atomic E-state index is 0.0841. The molecule has 0 N–H and O–H groups in total. The molecular formula is C26H22F2N2O2S. The van der Waals surface area contributed by atoms with Crippen molar-refractivity contribution in [3.63, 3.8) is 0 Å². The number of fused-ring (bicyclic) bond motifs is 2. The van der Waals surface area contributed by atoms with Crippen molar-refractivity contribution < 1.29 is 18.4 Å². The number of carbonyl (C=O) groups excluding carboxylic acids is 2. The fraction of sp³-hybridized carbons (Fsp3) is 0.231. The largest absolute Gasteiger partial charge is 0.311 e. The first-order valence-corrected chi connectivity index (χ1v) is 11.7. The van der Waals surface area contributed by atoms with Crippen molar-refractivity contribution in [1.82, 2.24) is 4.90 Å². The van der Waals surface area contributed by atoms with Crippen molar-refractivity contribution in [2.24, 2.45) is 0 Å². The monoisotopic (exact) mass is 464 g/mol. The van der Waals surface area contributed by atoms with Crippen LogP contribution in [-0.2, 0) is 16.2 Å². The summed E-state index contributed by atoms with van der Waals surface area (Å²) in [6.45, 7) is 4.35. The van der Waals surface area contributed by atoms with Crippen LogP contribution in [0.5, 0.6) is 0 Å². The van der Waals surface area contributed by atoms with Crippen LogP contribution in [0.2, 0.25) is 0 Å². The summed E-state index contributed by atoms with van der Waals surface area (Å²) in [6, 6.07) is 16.7. The second-order valence-corrected chi connectivity index (χ2v) is 9.71. The fourth-order valence-electron chi connectivity index (χ4n) is 4.66. The molecule has 3 aromatic rings. The Labute approximate surface area is 195 Å². The van der Waals surface area contributed by atoms with Crippen LogP contribution in [-0.4, -0.2) is 29.0 Å². The molecule has 4 nitrogen and oxygen atoms in total. The minimum Gasteiger partial charge on any atom is -0.311 e. The summed E-state index contributed by atoms with van der Waals surface area (Å²) in [5.41, 5.74) is 4.33. The Kier molecular flexibility index (Phi) is 5.24. The summed E-state index contributed by atoms with van der Waals surface area (Å²) in [5.74, 6) is -1.69. The van der Waals surface area contributed by atoms with Gasteiger partial charge in [-0.3, -0.25) is 9.59 Å². The van der Waals surface area contributed by atoms with E-state index in [2.05, 4.69) is 0 Å². The average molecular weight is 465 g/mol. The van der Waals surface area contributed by atoms with Gasteiger partial charge in [0.2, 0.25) is 0 Å². The van der Waals surface area contributed by atoms with Crippen LogP contribution in [0.15, 0.2) is 60.7 Å². The molecule has 33 heavy (non-hydrogen) atoms. The van der Waals surface area contributed by atoms with Gasteiger partial charge in [0.1, 0.15) is 0 Å². The number of rotatable bonds is 3. The summed E-state index contributed by atoms with van der Waals surface area (Å²) >= 11 is 1.45. The molecule has 5 rings (SSSR count). The molecule has 1 atom stereocenters. The van der Waals surface area contributed by atoms with E-state index in [-0.39, 0.29) is 18.4 Å². The maximum Gasteiger partial charge on any atom is 0.268 e. The first-order chi connectivity index (χ1) is 15.8. The van der Waals surface area contributed by atoms with Gasteiger partial charge in [-0.2, -0.15) is 0 Å². The zero-order chi connectivity index (χ0) is 23.3. The van der Waals surface area contributed by atoms with E-state index in [1.54, 1.807) is 15.9 Å². The molecule has 0 aromatic heterocycles. The third-order valence-corrected chi connectivity index (χ3v) is 7.71. The fourth-order valence-corrected chi connectivity index (χ4v) is 6.12. The van der Waals surface area contributed by atoms with Crippen molar-refractivity contribution >= 4 is 29.3 Å². The molecule has 1 saturated heterocycles. The molecular weight excluding hydrogens is 442 g/mol. The minimum atomic E-state index is -1.18. The van der Waals surface area contributed by atoms with E-state index in [1.807, 2.05) is 50.2 Å². The zero-order valence-electron chi connectivity index (χ0n) is 18.3. The lowest BCUT2D eigenvalue weighted by molar-refractivity contribution is -0.123. The number of thioether (sulfide) groups is 1. The van der Waals surface area contributed by atoms with Crippen LogP contribution in [0.25, 0.3) is 0 Å². The second-order valence-electron chi connectivity index (χ2n) is 8.42. The van der Waals surface area contributed by atoms with Crippen molar-refractivity contribution in [2.75, 3.05) is 17.2 Å². The Morgan fingerprint density at radius 1 is 1.03 bits per heavy atom. The molecule has 1 fully saturated rings. The van der Waals surface area contributed by atoms with Gasteiger partial charge in [-0.05, 0) is 49.2 Å². The van der Waals surface area contributed by atoms with Crippen LogP contribution < -0.4 is 4.90 Å². The van der Waals surface area contributed by atoms with E-state index in [0.717, 1.165) is 28.8 Å². The van der Waals surface area contributed by atoms with E-state index >= 15 is 0 Å². The molecule has 2 amide bonds. The molecule has 168 valence electrons. The van der Waals surface area contributed by atoms with Crippen LogP contribution >= 0.6 is 11.8 Å². The third kappa shape index (κ3) is 3.33. The Morgan fingerprint density at radius 3 is 2.58 bits per heavy atom. The van der Waals surface area contributed by atoms with Crippen molar-refractivity contribution in [1.29, 1.82) is 0 Å². The summed E-state index contributed by atoms with van der Waals surface area (Å²) in [7, 11) is 0. The lowest BCUT2D eigenvalue weighted by Gasteiger charge is -2.33. The van der Waals surface area contributed by atoms with Gasteiger partial charge in [-0.15, -0.1) is 11.8 Å². The van der Waals surface area contributed by atoms with Gasteiger partial charge in [-0.25, -0.2) is 8.78 Å². The standard InChI is InChI=1S/C26H22F2N2O2S/c1-16-7-10-23-20(13-16)26(25(32)29(23)15-18-8-9-21(27)22(28)14-18)30(11-12-33-26)24(31)19-6-4-3-5-17(19)2/h3-10,13-14H,11-12,15H2,1-2H3/t26-/m0/s1. The summed E-state index contributed by atoms with van der Waals surface area (Å²) in [6.07, 6.45) is 0. The highest BCUT2D eigenvalue weighted by molar-refractivity contribution is 8.01. The van der Waals surface area contributed by atoms with Gasteiger partial charge in [-0.1, -0.05) is 42.0 Å². The molecule has 2 heterocycles. The number of benzene rings is 3. The number of aryl methyl sites for hydroxylation is 2. The Hall–Kier alpha value is -3.19. The smallest absolute Gasteiger partial charge is 0.268 e. The van der Waals surface area contributed by atoms with Crippen LogP contribution in [0, 0.1) is 25.5 Å². The molecule has 7 heteroatoms. The molecule has 2 aliphatic rings. The maximum absolute atomic E-state index is 14.0. The summed E-state index contributed by atoms with van der Waals surface area (Å²) < 4.78 is 27.3. The lowest BCUT2D eigenvalue weighted by Crippen LogP contribution is -2.50. The first kappa shape index (κ1) is 21.6. The van der Waals surface area contributed by atoms with Gasteiger partial charge in [0.05, 0.1) is 12.2 Å². The van der Waals surface area contributed by atoms with E-state index in [0.29, 0.717) is 29.1 Å².